The van der Waals surface area contributed by atoms with Crippen molar-refractivity contribution in [2.45, 2.75) is 43.7 Å². The van der Waals surface area contributed by atoms with Gasteiger partial charge in [0.2, 0.25) is 17.6 Å². The number of rotatable bonds is 5. The molecule has 3 aromatic rings. The highest BCUT2D eigenvalue weighted by atomic mass is 16.4. The fourth-order valence-electron chi connectivity index (χ4n) is 5.17. The van der Waals surface area contributed by atoms with Crippen LogP contribution in [0.25, 0.3) is 0 Å². The molecule has 2 amide bonds. The number of oxazole rings is 1. The van der Waals surface area contributed by atoms with Crippen molar-refractivity contribution >= 4 is 11.8 Å². The summed E-state index contributed by atoms with van der Waals surface area (Å²) in [7, 11) is 0. The van der Waals surface area contributed by atoms with Crippen LogP contribution in [-0.4, -0.2) is 52.3 Å². The Balaban J connectivity index is 1.38. The molecule has 2 fully saturated rings. The molecule has 2 saturated heterocycles. The molecule has 5 rings (SSSR count). The normalized spacial score (nSPS) is 23.3. The molecule has 4 atom stereocenters. The Labute approximate surface area is 199 Å². The van der Waals surface area contributed by atoms with Crippen molar-refractivity contribution in [3.8, 4) is 0 Å². The third kappa shape index (κ3) is 4.35. The second kappa shape index (κ2) is 9.43. The van der Waals surface area contributed by atoms with E-state index >= 15 is 0 Å². The number of likely N-dealkylation sites (tertiary alicyclic amines) is 2. The van der Waals surface area contributed by atoms with E-state index in [1.807, 2.05) is 41.3 Å². The molecule has 0 spiro atoms. The molecular weight excluding hydrogens is 428 g/mol. The quantitative estimate of drug-likeness (QED) is 0.629. The number of aromatic nitrogens is 1. The molecule has 7 nitrogen and oxygen atoms in total. The fraction of sp³-hybridized carbons (Fsp3) is 0.370. The molecular formula is C27H30N4O3. The lowest BCUT2D eigenvalue weighted by atomic mass is 9.96. The van der Waals surface area contributed by atoms with Crippen LogP contribution < -0.4 is 5.73 Å². The Kier molecular flexibility index (Phi) is 6.20. The molecule has 0 bridgehead atoms. The molecule has 1 aromatic heterocycles. The molecule has 176 valence electrons. The number of carbonyl (C=O) groups excluding carboxylic acids is 2. The SMILES string of the molecule is CC(N)c1ncc(C(=O)N2CC(c3ccccc3)CC2C(=O)N2CCC(c3ccccc3)C2)o1. The summed E-state index contributed by atoms with van der Waals surface area (Å²) < 4.78 is 5.64. The van der Waals surface area contributed by atoms with Gasteiger partial charge in [-0.3, -0.25) is 9.59 Å². The fourth-order valence-corrected chi connectivity index (χ4v) is 5.17. The molecule has 34 heavy (non-hydrogen) atoms. The summed E-state index contributed by atoms with van der Waals surface area (Å²) in [6.07, 6.45) is 2.94. The molecule has 2 N–H and O–H groups in total. The number of nitrogens with two attached hydrogens (primary N) is 1. The minimum absolute atomic E-state index is 0.0112. The summed E-state index contributed by atoms with van der Waals surface area (Å²) in [6.45, 7) is 3.59. The molecule has 0 aliphatic carbocycles. The molecule has 0 saturated carbocycles. The molecule has 2 aromatic carbocycles. The Morgan fingerprint density at radius 2 is 1.65 bits per heavy atom. The van der Waals surface area contributed by atoms with Gasteiger partial charge in [-0.25, -0.2) is 4.98 Å². The maximum atomic E-state index is 13.7. The number of amides is 2. The molecule has 7 heteroatoms. The van der Waals surface area contributed by atoms with Crippen molar-refractivity contribution in [3.05, 3.63) is 89.6 Å². The third-order valence-electron chi connectivity index (χ3n) is 7.01. The van der Waals surface area contributed by atoms with Gasteiger partial charge < -0.3 is 20.0 Å². The summed E-state index contributed by atoms with van der Waals surface area (Å²) in [6, 6.07) is 19.5. The monoisotopic (exact) mass is 458 g/mol. The average molecular weight is 459 g/mol. The highest BCUT2D eigenvalue weighted by molar-refractivity contribution is 5.96. The van der Waals surface area contributed by atoms with E-state index in [9.17, 15) is 9.59 Å². The second-order valence-electron chi connectivity index (χ2n) is 9.35. The predicted molar refractivity (Wildman–Crippen MR) is 128 cm³/mol. The van der Waals surface area contributed by atoms with Gasteiger partial charge in [-0.2, -0.15) is 0 Å². The summed E-state index contributed by atoms with van der Waals surface area (Å²) in [5.74, 6) is 0.552. The van der Waals surface area contributed by atoms with Gasteiger partial charge >= 0.3 is 0 Å². The molecule has 4 unspecified atom stereocenters. The zero-order valence-corrected chi connectivity index (χ0v) is 19.3. The lowest BCUT2D eigenvalue weighted by molar-refractivity contribution is -0.134. The van der Waals surface area contributed by atoms with Crippen LogP contribution in [0.15, 0.2) is 71.3 Å². The van der Waals surface area contributed by atoms with Gasteiger partial charge in [0.05, 0.1) is 12.2 Å². The minimum Gasteiger partial charge on any atom is -0.434 e. The van der Waals surface area contributed by atoms with Gasteiger partial charge in [-0.1, -0.05) is 60.7 Å². The maximum absolute atomic E-state index is 13.7. The molecule has 3 heterocycles. The Bertz CT molecular complexity index is 1140. The standard InChI is InChI=1S/C27H30N4O3/c1-18(28)25-29-15-24(34-25)27(33)31-17-22(20-10-6-3-7-11-20)14-23(31)26(32)30-13-12-21(16-30)19-8-4-2-5-9-19/h2-11,15,18,21-23H,12-14,16-17,28H2,1H3. The average Bonchev–Trinajstić information content (AvgIpc) is 3.64. The zero-order chi connectivity index (χ0) is 23.7. The first-order valence-electron chi connectivity index (χ1n) is 11.9. The summed E-state index contributed by atoms with van der Waals surface area (Å²) in [4.78, 5) is 34.9. The van der Waals surface area contributed by atoms with Crippen LogP contribution in [0.5, 0.6) is 0 Å². The summed E-state index contributed by atoms with van der Waals surface area (Å²) >= 11 is 0. The second-order valence-corrected chi connectivity index (χ2v) is 9.35. The number of nitrogens with zero attached hydrogens (tertiary/aromatic N) is 3. The number of hydrogen-bond donors (Lipinski definition) is 1. The first kappa shape index (κ1) is 22.3. The Morgan fingerprint density at radius 3 is 2.26 bits per heavy atom. The van der Waals surface area contributed by atoms with Gasteiger partial charge in [0, 0.05) is 31.5 Å². The van der Waals surface area contributed by atoms with E-state index < -0.39 is 12.1 Å². The smallest absolute Gasteiger partial charge is 0.291 e. The van der Waals surface area contributed by atoms with E-state index in [0.717, 1.165) is 12.0 Å². The molecule has 2 aliphatic rings. The van der Waals surface area contributed by atoms with E-state index in [1.54, 1.807) is 11.8 Å². The highest BCUT2D eigenvalue weighted by Crippen LogP contribution is 2.36. The number of hydrogen-bond acceptors (Lipinski definition) is 5. The third-order valence-corrected chi connectivity index (χ3v) is 7.01. The topological polar surface area (TPSA) is 92.7 Å². The van der Waals surface area contributed by atoms with Gasteiger partial charge in [0.1, 0.15) is 6.04 Å². The molecule has 2 aliphatic heterocycles. The van der Waals surface area contributed by atoms with Crippen LogP contribution in [0.2, 0.25) is 0 Å². The number of benzene rings is 2. The van der Waals surface area contributed by atoms with Crippen molar-refractivity contribution in [1.29, 1.82) is 0 Å². The van der Waals surface area contributed by atoms with Gasteiger partial charge in [0.15, 0.2) is 0 Å². The first-order valence-corrected chi connectivity index (χ1v) is 11.9. The van der Waals surface area contributed by atoms with E-state index in [4.69, 9.17) is 10.2 Å². The predicted octanol–water partition coefficient (Wildman–Crippen LogP) is 3.71. The van der Waals surface area contributed by atoms with Crippen LogP contribution in [-0.2, 0) is 4.79 Å². The van der Waals surface area contributed by atoms with Crippen molar-refractivity contribution in [2.24, 2.45) is 5.73 Å². The van der Waals surface area contributed by atoms with Crippen LogP contribution >= 0.6 is 0 Å². The zero-order valence-electron chi connectivity index (χ0n) is 19.3. The molecule has 0 radical (unpaired) electrons. The summed E-state index contributed by atoms with van der Waals surface area (Å²) in [5.41, 5.74) is 8.24. The van der Waals surface area contributed by atoms with Crippen molar-refractivity contribution in [1.82, 2.24) is 14.8 Å². The van der Waals surface area contributed by atoms with Gasteiger partial charge in [0.25, 0.3) is 5.91 Å². The van der Waals surface area contributed by atoms with Crippen molar-refractivity contribution < 1.29 is 14.0 Å². The van der Waals surface area contributed by atoms with Crippen molar-refractivity contribution in [3.63, 3.8) is 0 Å². The van der Waals surface area contributed by atoms with E-state index in [1.165, 1.54) is 11.8 Å². The van der Waals surface area contributed by atoms with Crippen LogP contribution in [0.3, 0.4) is 0 Å². The summed E-state index contributed by atoms with van der Waals surface area (Å²) in [5, 5.41) is 0. The van der Waals surface area contributed by atoms with Crippen molar-refractivity contribution in [2.75, 3.05) is 19.6 Å². The van der Waals surface area contributed by atoms with Crippen LogP contribution in [0.1, 0.15) is 65.2 Å². The van der Waals surface area contributed by atoms with E-state index in [-0.39, 0.29) is 23.5 Å². The van der Waals surface area contributed by atoms with Gasteiger partial charge in [-0.05, 0) is 30.9 Å². The van der Waals surface area contributed by atoms with Gasteiger partial charge in [-0.15, -0.1) is 0 Å². The van der Waals surface area contributed by atoms with Crippen LogP contribution in [0.4, 0.5) is 0 Å². The Hall–Kier alpha value is -3.45. The lowest BCUT2D eigenvalue weighted by Crippen LogP contribution is -2.47. The van der Waals surface area contributed by atoms with Crippen LogP contribution in [0, 0.1) is 0 Å². The maximum Gasteiger partial charge on any atom is 0.291 e. The lowest BCUT2D eigenvalue weighted by Gasteiger charge is -2.27. The largest absolute Gasteiger partial charge is 0.434 e. The van der Waals surface area contributed by atoms with E-state index in [2.05, 4.69) is 29.2 Å². The number of carbonyl (C=O) groups is 2. The Morgan fingerprint density at radius 1 is 1.00 bits per heavy atom. The van der Waals surface area contributed by atoms with E-state index in [0.29, 0.717) is 37.9 Å². The minimum atomic E-state index is -0.531. The first-order chi connectivity index (χ1) is 16.5. The highest BCUT2D eigenvalue weighted by Gasteiger charge is 2.44.